The van der Waals surface area contributed by atoms with Crippen molar-refractivity contribution in [2.75, 3.05) is 26.6 Å². The molecule has 0 bridgehead atoms. The number of ether oxygens (including phenoxy) is 3. The summed E-state index contributed by atoms with van der Waals surface area (Å²) < 4.78 is 16.7. The summed E-state index contributed by atoms with van der Waals surface area (Å²) in [6, 6.07) is 25.7. The SMILES string of the molecule is COc1cc(C(=O)[C@@H]2[C@@H](C(=O)c3ccccc3)N3C=Cc4ccccc4[C@@H]3[C@]23C(=O)Nc2ccccc23)cc(OC)c1OC. The van der Waals surface area contributed by atoms with E-state index in [1.54, 1.807) is 36.4 Å². The summed E-state index contributed by atoms with van der Waals surface area (Å²) in [5, 5.41) is 3.07. The predicted molar refractivity (Wildman–Crippen MR) is 165 cm³/mol. The molecule has 0 unspecified atom stereocenters. The normalized spacial score (nSPS) is 22.6. The number of amides is 1. The van der Waals surface area contributed by atoms with Gasteiger partial charge in [0.05, 0.1) is 33.3 Å². The van der Waals surface area contributed by atoms with E-state index in [-0.39, 0.29) is 23.0 Å². The Bertz CT molecular complexity index is 1830. The number of fused-ring (bicyclic) bond motifs is 6. The first-order valence-corrected chi connectivity index (χ1v) is 14.3. The fourth-order valence-corrected chi connectivity index (χ4v) is 7.34. The summed E-state index contributed by atoms with van der Waals surface area (Å²) in [6.45, 7) is 0. The van der Waals surface area contributed by atoms with Crippen LogP contribution in [0.25, 0.3) is 6.08 Å². The Hall–Kier alpha value is -5.37. The molecule has 1 amide bonds. The highest BCUT2D eigenvalue weighted by atomic mass is 16.5. The lowest BCUT2D eigenvalue weighted by atomic mass is 9.62. The first-order valence-electron chi connectivity index (χ1n) is 14.3. The van der Waals surface area contributed by atoms with Crippen molar-refractivity contribution in [1.82, 2.24) is 4.90 Å². The Labute approximate surface area is 254 Å². The van der Waals surface area contributed by atoms with Crippen LogP contribution in [0.5, 0.6) is 17.2 Å². The van der Waals surface area contributed by atoms with Gasteiger partial charge in [-0.1, -0.05) is 72.8 Å². The van der Waals surface area contributed by atoms with Gasteiger partial charge in [0.1, 0.15) is 11.5 Å². The predicted octanol–water partition coefficient (Wildman–Crippen LogP) is 5.69. The van der Waals surface area contributed by atoms with Crippen molar-refractivity contribution in [2.24, 2.45) is 5.92 Å². The van der Waals surface area contributed by atoms with E-state index in [4.69, 9.17) is 14.2 Å². The van der Waals surface area contributed by atoms with E-state index >= 15 is 4.79 Å². The topological polar surface area (TPSA) is 94.2 Å². The summed E-state index contributed by atoms with van der Waals surface area (Å²) in [4.78, 5) is 46.3. The molecule has 0 radical (unpaired) electrons. The van der Waals surface area contributed by atoms with Gasteiger partial charge in [-0.05, 0) is 41.0 Å². The van der Waals surface area contributed by atoms with E-state index in [0.29, 0.717) is 34.1 Å². The second kappa shape index (κ2) is 10.4. The second-order valence-electron chi connectivity index (χ2n) is 11.1. The molecule has 1 N–H and O–H groups in total. The number of benzene rings is 4. The lowest BCUT2D eigenvalue weighted by Crippen LogP contribution is -2.49. The molecule has 0 aromatic heterocycles. The number of hydrogen-bond donors (Lipinski definition) is 1. The van der Waals surface area contributed by atoms with Crippen molar-refractivity contribution in [3.8, 4) is 17.2 Å². The highest BCUT2D eigenvalue weighted by Gasteiger charge is 2.70. The molecule has 3 aliphatic heterocycles. The number of rotatable bonds is 7. The summed E-state index contributed by atoms with van der Waals surface area (Å²) >= 11 is 0. The fourth-order valence-electron chi connectivity index (χ4n) is 7.34. The zero-order valence-electron chi connectivity index (χ0n) is 24.4. The lowest BCUT2D eigenvalue weighted by Gasteiger charge is -2.38. The van der Waals surface area contributed by atoms with Gasteiger partial charge in [-0.15, -0.1) is 0 Å². The third-order valence-corrected chi connectivity index (χ3v) is 9.13. The van der Waals surface area contributed by atoms with Gasteiger partial charge in [0.15, 0.2) is 23.1 Å². The minimum absolute atomic E-state index is 0.240. The maximum absolute atomic E-state index is 15.2. The summed E-state index contributed by atoms with van der Waals surface area (Å²) in [5.41, 5.74) is 2.35. The highest BCUT2D eigenvalue weighted by Crippen LogP contribution is 2.62. The minimum Gasteiger partial charge on any atom is -0.493 e. The summed E-state index contributed by atoms with van der Waals surface area (Å²) in [7, 11) is 4.45. The molecule has 4 aromatic rings. The minimum atomic E-state index is -1.44. The summed E-state index contributed by atoms with van der Waals surface area (Å²) in [6.07, 6.45) is 3.80. The van der Waals surface area contributed by atoms with Gasteiger partial charge >= 0.3 is 0 Å². The Kier molecular flexibility index (Phi) is 6.50. The standard InChI is InChI=1S/C36H30N2O6/c1-42-27-19-23(20-28(43-2)33(27)44-3)31(39)29-30(32(40)22-12-5-4-6-13-22)38-18-17-21-11-7-8-14-24(21)34(38)36(29)25-15-9-10-16-26(25)37-35(36)41/h4-20,29-30,34H,1-3H3,(H,37,41)/t29-,30-,34+,36+/m0/s1. The van der Waals surface area contributed by atoms with Crippen LogP contribution in [0.4, 0.5) is 5.69 Å². The van der Waals surface area contributed by atoms with Gasteiger partial charge in [-0.25, -0.2) is 0 Å². The van der Waals surface area contributed by atoms with Crippen LogP contribution in [-0.4, -0.2) is 49.7 Å². The van der Waals surface area contributed by atoms with Gasteiger partial charge in [0.25, 0.3) is 0 Å². The van der Waals surface area contributed by atoms with Gasteiger partial charge < -0.3 is 24.4 Å². The number of carbonyl (C=O) groups excluding carboxylic acids is 3. The van der Waals surface area contributed by atoms with Crippen LogP contribution < -0.4 is 19.5 Å². The molecule has 220 valence electrons. The molecular weight excluding hydrogens is 556 g/mol. The number of nitrogens with zero attached hydrogens (tertiary/aromatic N) is 1. The Morgan fingerprint density at radius 1 is 0.773 bits per heavy atom. The lowest BCUT2D eigenvalue weighted by molar-refractivity contribution is -0.122. The smallest absolute Gasteiger partial charge is 0.238 e. The van der Waals surface area contributed by atoms with E-state index in [2.05, 4.69) is 5.32 Å². The van der Waals surface area contributed by atoms with Crippen LogP contribution in [0.2, 0.25) is 0 Å². The van der Waals surface area contributed by atoms with E-state index < -0.39 is 23.4 Å². The van der Waals surface area contributed by atoms with Crippen LogP contribution in [-0.2, 0) is 10.2 Å². The number of carbonyl (C=O) groups is 3. The van der Waals surface area contributed by atoms with Crippen LogP contribution in [0, 0.1) is 5.92 Å². The third-order valence-electron chi connectivity index (χ3n) is 9.13. The molecular formula is C36H30N2O6. The number of Topliss-reactive ketones (excluding diaryl/α,β-unsaturated/α-hetero) is 2. The Balaban J connectivity index is 1.54. The molecule has 1 spiro atoms. The molecule has 44 heavy (non-hydrogen) atoms. The van der Waals surface area contributed by atoms with E-state index in [1.165, 1.54) is 21.3 Å². The first-order chi connectivity index (χ1) is 21.4. The van der Waals surface area contributed by atoms with Crippen LogP contribution in [0.3, 0.4) is 0 Å². The van der Waals surface area contributed by atoms with Crippen molar-refractivity contribution in [3.05, 3.63) is 125 Å². The highest BCUT2D eigenvalue weighted by molar-refractivity contribution is 6.17. The molecule has 0 aliphatic carbocycles. The van der Waals surface area contributed by atoms with Gasteiger partial charge in [0.2, 0.25) is 11.7 Å². The van der Waals surface area contributed by atoms with Crippen LogP contribution in [0.1, 0.15) is 43.4 Å². The van der Waals surface area contributed by atoms with E-state index in [1.807, 2.05) is 71.8 Å². The quantitative estimate of drug-likeness (QED) is 0.278. The second-order valence-corrected chi connectivity index (χ2v) is 11.1. The Morgan fingerprint density at radius 3 is 2.14 bits per heavy atom. The number of nitrogens with one attached hydrogen (secondary N) is 1. The summed E-state index contributed by atoms with van der Waals surface area (Å²) in [5.74, 6) is -1.15. The van der Waals surface area contributed by atoms with E-state index in [9.17, 15) is 9.59 Å². The van der Waals surface area contributed by atoms with E-state index in [0.717, 1.165) is 11.1 Å². The number of ketones is 2. The van der Waals surface area contributed by atoms with Crippen LogP contribution >= 0.6 is 0 Å². The maximum atomic E-state index is 15.2. The van der Waals surface area contributed by atoms with Crippen molar-refractivity contribution < 1.29 is 28.6 Å². The maximum Gasteiger partial charge on any atom is 0.238 e. The molecule has 3 heterocycles. The van der Waals surface area contributed by atoms with Crippen molar-refractivity contribution >= 4 is 29.2 Å². The van der Waals surface area contributed by atoms with Gasteiger partial charge in [-0.2, -0.15) is 0 Å². The van der Waals surface area contributed by atoms with Crippen molar-refractivity contribution in [3.63, 3.8) is 0 Å². The molecule has 1 saturated heterocycles. The Morgan fingerprint density at radius 2 is 1.43 bits per heavy atom. The zero-order chi connectivity index (χ0) is 30.6. The zero-order valence-corrected chi connectivity index (χ0v) is 24.4. The molecule has 3 aliphatic rings. The van der Waals surface area contributed by atoms with Crippen molar-refractivity contribution in [2.45, 2.75) is 17.5 Å². The molecule has 1 fully saturated rings. The van der Waals surface area contributed by atoms with Gasteiger partial charge in [0, 0.05) is 23.0 Å². The van der Waals surface area contributed by atoms with Crippen LogP contribution in [0.15, 0.2) is 97.2 Å². The number of methoxy groups -OCH3 is 3. The molecule has 4 atom stereocenters. The number of anilines is 1. The molecule has 8 heteroatoms. The third kappa shape index (κ3) is 3.73. The average molecular weight is 587 g/mol. The molecule has 4 aromatic carbocycles. The fraction of sp³-hybridized carbons (Fsp3) is 0.194. The molecule has 8 nitrogen and oxygen atoms in total. The monoisotopic (exact) mass is 586 g/mol. The number of para-hydroxylation sites is 1. The largest absolute Gasteiger partial charge is 0.493 e. The average Bonchev–Trinajstić information content (AvgIpc) is 3.55. The molecule has 0 saturated carbocycles. The number of hydrogen-bond acceptors (Lipinski definition) is 7. The van der Waals surface area contributed by atoms with Gasteiger partial charge in [-0.3, -0.25) is 14.4 Å². The first kappa shape index (κ1) is 27.5. The van der Waals surface area contributed by atoms with Crippen molar-refractivity contribution in [1.29, 1.82) is 0 Å². The molecule has 7 rings (SSSR count).